The van der Waals surface area contributed by atoms with Crippen molar-refractivity contribution in [2.24, 2.45) is 0 Å². The number of nitrogens with two attached hydrogens (primary N) is 1. The van der Waals surface area contributed by atoms with Crippen molar-refractivity contribution >= 4 is 11.6 Å². The summed E-state index contributed by atoms with van der Waals surface area (Å²) >= 11 is 0. The fourth-order valence-electron chi connectivity index (χ4n) is 2.05. The van der Waals surface area contributed by atoms with E-state index in [-0.39, 0.29) is 5.91 Å². The quantitative estimate of drug-likeness (QED) is 0.624. The van der Waals surface area contributed by atoms with E-state index in [9.17, 15) is 4.79 Å². The number of amides is 1. The highest BCUT2D eigenvalue weighted by Crippen LogP contribution is 2.12. The van der Waals surface area contributed by atoms with Gasteiger partial charge in [-0.3, -0.25) is 4.79 Å². The van der Waals surface area contributed by atoms with Gasteiger partial charge in [0.05, 0.1) is 6.42 Å². The number of hydrogen-bond acceptors (Lipinski definition) is 2. The molecule has 17 heavy (non-hydrogen) atoms. The molecule has 0 radical (unpaired) electrons. The summed E-state index contributed by atoms with van der Waals surface area (Å²) in [5.41, 5.74) is 8.65. The third kappa shape index (κ3) is 3.09. The van der Waals surface area contributed by atoms with Crippen LogP contribution < -0.4 is 5.73 Å². The maximum atomic E-state index is 12.1. The van der Waals surface area contributed by atoms with Crippen LogP contribution in [0, 0.1) is 0 Å². The van der Waals surface area contributed by atoms with Crippen molar-refractivity contribution in [1.82, 2.24) is 4.90 Å². The first-order valence-corrected chi connectivity index (χ1v) is 5.93. The standard InChI is InChI=1S/C14H18N2O/c1-11-3-2-8-16(10-11)14(17)9-12-4-6-13(15)7-5-12/h3-7H,2,8-10,15H2,1H3. The van der Waals surface area contributed by atoms with Gasteiger partial charge < -0.3 is 10.6 Å². The topological polar surface area (TPSA) is 46.3 Å². The van der Waals surface area contributed by atoms with Crippen molar-refractivity contribution in [2.75, 3.05) is 18.8 Å². The average molecular weight is 230 g/mol. The van der Waals surface area contributed by atoms with Crippen LogP contribution in [-0.2, 0) is 11.2 Å². The molecule has 1 aliphatic heterocycles. The predicted molar refractivity (Wildman–Crippen MR) is 69.5 cm³/mol. The zero-order valence-corrected chi connectivity index (χ0v) is 10.1. The Morgan fingerprint density at radius 3 is 2.71 bits per heavy atom. The summed E-state index contributed by atoms with van der Waals surface area (Å²) in [4.78, 5) is 14.0. The first-order chi connectivity index (χ1) is 8.15. The third-order valence-electron chi connectivity index (χ3n) is 3.02. The summed E-state index contributed by atoms with van der Waals surface area (Å²) in [6.45, 7) is 3.68. The minimum atomic E-state index is 0.197. The Balaban J connectivity index is 1.97. The molecule has 0 bridgehead atoms. The minimum absolute atomic E-state index is 0.197. The highest BCUT2D eigenvalue weighted by Gasteiger charge is 2.16. The molecule has 3 nitrogen and oxygen atoms in total. The molecule has 3 heteroatoms. The van der Waals surface area contributed by atoms with Crippen LogP contribution in [0.25, 0.3) is 0 Å². The van der Waals surface area contributed by atoms with E-state index in [1.54, 1.807) is 0 Å². The van der Waals surface area contributed by atoms with E-state index in [0.29, 0.717) is 6.42 Å². The second-order valence-electron chi connectivity index (χ2n) is 4.57. The van der Waals surface area contributed by atoms with Gasteiger partial charge in [0, 0.05) is 18.8 Å². The van der Waals surface area contributed by atoms with Gasteiger partial charge in [0.15, 0.2) is 0 Å². The normalized spacial score (nSPS) is 15.6. The Morgan fingerprint density at radius 1 is 1.35 bits per heavy atom. The van der Waals surface area contributed by atoms with E-state index in [0.717, 1.165) is 30.8 Å². The van der Waals surface area contributed by atoms with Crippen LogP contribution in [0.5, 0.6) is 0 Å². The highest BCUT2D eigenvalue weighted by molar-refractivity contribution is 5.79. The molecule has 1 aromatic rings. The predicted octanol–water partition coefficient (Wildman–Crippen LogP) is 1.99. The number of hydrogen-bond donors (Lipinski definition) is 1. The van der Waals surface area contributed by atoms with Crippen molar-refractivity contribution < 1.29 is 4.79 Å². The smallest absolute Gasteiger partial charge is 0.227 e. The monoisotopic (exact) mass is 230 g/mol. The van der Waals surface area contributed by atoms with E-state index in [1.807, 2.05) is 29.2 Å². The number of carbonyl (C=O) groups is 1. The summed E-state index contributed by atoms with van der Waals surface area (Å²) in [7, 11) is 0. The van der Waals surface area contributed by atoms with Gasteiger partial charge in [0.2, 0.25) is 5.91 Å². The molecule has 0 unspecified atom stereocenters. The number of rotatable bonds is 2. The van der Waals surface area contributed by atoms with Gasteiger partial charge >= 0.3 is 0 Å². The van der Waals surface area contributed by atoms with E-state index >= 15 is 0 Å². The van der Waals surface area contributed by atoms with E-state index < -0.39 is 0 Å². The summed E-state index contributed by atoms with van der Waals surface area (Å²) in [6, 6.07) is 7.51. The molecule has 1 aromatic carbocycles. The SMILES string of the molecule is CC1=CCCN(C(=O)Cc2ccc(N)cc2)C1. The Labute approximate surface area is 102 Å². The van der Waals surface area contributed by atoms with Crippen molar-refractivity contribution in [3.05, 3.63) is 41.5 Å². The van der Waals surface area contributed by atoms with Crippen LogP contribution in [-0.4, -0.2) is 23.9 Å². The van der Waals surface area contributed by atoms with Crippen LogP contribution in [0.4, 0.5) is 5.69 Å². The zero-order chi connectivity index (χ0) is 12.3. The number of carbonyl (C=O) groups excluding carboxylic acids is 1. The average Bonchev–Trinajstić information content (AvgIpc) is 2.32. The van der Waals surface area contributed by atoms with Crippen LogP contribution in [0.15, 0.2) is 35.9 Å². The largest absolute Gasteiger partial charge is 0.399 e. The Hall–Kier alpha value is -1.77. The third-order valence-corrected chi connectivity index (χ3v) is 3.02. The molecule has 0 saturated carbocycles. The van der Waals surface area contributed by atoms with Crippen LogP contribution in [0.3, 0.4) is 0 Å². The highest BCUT2D eigenvalue weighted by atomic mass is 16.2. The lowest BCUT2D eigenvalue weighted by molar-refractivity contribution is -0.130. The van der Waals surface area contributed by atoms with Crippen LogP contribution >= 0.6 is 0 Å². The number of nitrogens with zero attached hydrogens (tertiary/aromatic N) is 1. The first-order valence-electron chi connectivity index (χ1n) is 5.93. The van der Waals surface area contributed by atoms with E-state index in [4.69, 9.17) is 5.73 Å². The van der Waals surface area contributed by atoms with Gasteiger partial charge in [-0.1, -0.05) is 23.8 Å². The fraction of sp³-hybridized carbons (Fsp3) is 0.357. The van der Waals surface area contributed by atoms with E-state index in [2.05, 4.69) is 13.0 Å². The minimum Gasteiger partial charge on any atom is -0.399 e. The van der Waals surface area contributed by atoms with Crippen LogP contribution in [0.1, 0.15) is 18.9 Å². The number of nitrogen functional groups attached to an aromatic ring is 1. The lowest BCUT2D eigenvalue weighted by atomic mass is 10.1. The summed E-state index contributed by atoms with van der Waals surface area (Å²) in [6.07, 6.45) is 3.64. The second-order valence-corrected chi connectivity index (χ2v) is 4.57. The Bertz CT molecular complexity index is 434. The molecule has 0 atom stereocenters. The Morgan fingerprint density at radius 2 is 2.06 bits per heavy atom. The number of benzene rings is 1. The summed E-state index contributed by atoms with van der Waals surface area (Å²) in [5.74, 6) is 0.197. The second kappa shape index (κ2) is 5.04. The molecule has 1 amide bonds. The number of anilines is 1. The molecule has 2 N–H and O–H groups in total. The molecule has 90 valence electrons. The van der Waals surface area contributed by atoms with Gasteiger partial charge in [0.1, 0.15) is 0 Å². The van der Waals surface area contributed by atoms with Gasteiger partial charge in [0.25, 0.3) is 0 Å². The van der Waals surface area contributed by atoms with Crippen molar-refractivity contribution in [3.63, 3.8) is 0 Å². The Kier molecular flexibility index (Phi) is 3.47. The molecule has 0 saturated heterocycles. The van der Waals surface area contributed by atoms with Crippen molar-refractivity contribution in [3.8, 4) is 0 Å². The van der Waals surface area contributed by atoms with Crippen molar-refractivity contribution in [1.29, 1.82) is 0 Å². The van der Waals surface area contributed by atoms with Gasteiger partial charge in [-0.2, -0.15) is 0 Å². The molecule has 1 aliphatic rings. The molecule has 0 aliphatic carbocycles. The lowest BCUT2D eigenvalue weighted by Gasteiger charge is -2.26. The molecular formula is C14H18N2O. The zero-order valence-electron chi connectivity index (χ0n) is 10.1. The van der Waals surface area contributed by atoms with Gasteiger partial charge in [-0.25, -0.2) is 0 Å². The first kappa shape index (κ1) is 11.7. The molecule has 2 rings (SSSR count). The summed E-state index contributed by atoms with van der Waals surface area (Å²) < 4.78 is 0. The van der Waals surface area contributed by atoms with Crippen molar-refractivity contribution in [2.45, 2.75) is 19.8 Å². The van der Waals surface area contributed by atoms with Gasteiger partial charge in [-0.05, 0) is 31.0 Å². The fourth-order valence-corrected chi connectivity index (χ4v) is 2.05. The lowest BCUT2D eigenvalue weighted by Crippen LogP contribution is -2.36. The maximum Gasteiger partial charge on any atom is 0.227 e. The molecule has 1 heterocycles. The maximum absolute atomic E-state index is 12.1. The molecule has 0 spiro atoms. The molecular weight excluding hydrogens is 212 g/mol. The summed E-state index contributed by atoms with van der Waals surface area (Å²) in [5, 5.41) is 0. The van der Waals surface area contributed by atoms with E-state index in [1.165, 1.54) is 5.57 Å². The molecule has 0 fully saturated rings. The van der Waals surface area contributed by atoms with Crippen LogP contribution in [0.2, 0.25) is 0 Å². The molecule has 0 aromatic heterocycles. The van der Waals surface area contributed by atoms with Gasteiger partial charge in [-0.15, -0.1) is 0 Å².